The first-order chi connectivity index (χ1) is 20.8. The van der Waals surface area contributed by atoms with Gasteiger partial charge in [0.2, 0.25) is 10.0 Å². The molecule has 4 aromatic carbocycles. The highest BCUT2D eigenvalue weighted by molar-refractivity contribution is 7.92. The molecular weight excluding hydrogens is 598 g/mol. The number of carbonyl (C=O) groups excluding carboxylic acids is 1. The lowest BCUT2D eigenvalue weighted by atomic mass is 10.00. The first kappa shape index (κ1) is 32.6. The molecular formula is C32H31F4N3O4S. The molecule has 4 rings (SSSR count). The minimum absolute atomic E-state index is 0.00703. The highest BCUT2D eigenvalue weighted by Gasteiger charge is 2.31. The van der Waals surface area contributed by atoms with Gasteiger partial charge in [-0.15, -0.1) is 0 Å². The van der Waals surface area contributed by atoms with E-state index in [1.165, 1.54) is 48.5 Å². The van der Waals surface area contributed by atoms with Gasteiger partial charge < -0.3 is 15.7 Å². The Morgan fingerprint density at radius 2 is 1.55 bits per heavy atom. The predicted octanol–water partition coefficient (Wildman–Crippen LogP) is 5.43. The van der Waals surface area contributed by atoms with E-state index in [0.717, 1.165) is 34.3 Å². The van der Waals surface area contributed by atoms with Crippen LogP contribution < -0.4 is 14.9 Å². The topological polar surface area (TPSA) is 98.7 Å². The van der Waals surface area contributed by atoms with E-state index in [0.29, 0.717) is 5.56 Å². The summed E-state index contributed by atoms with van der Waals surface area (Å²) in [6.07, 6.45) is -4.55. The number of benzene rings is 4. The van der Waals surface area contributed by atoms with E-state index < -0.39 is 45.6 Å². The third-order valence-corrected chi connectivity index (χ3v) is 7.83. The fourth-order valence-corrected chi connectivity index (χ4v) is 5.73. The number of nitrogens with zero attached hydrogens (tertiary/aromatic N) is 1. The fourth-order valence-electron chi connectivity index (χ4n) is 4.72. The maximum atomic E-state index is 14.1. The maximum Gasteiger partial charge on any atom is 0.416 e. The van der Waals surface area contributed by atoms with Gasteiger partial charge in [-0.25, -0.2) is 17.1 Å². The number of amides is 1. The van der Waals surface area contributed by atoms with Crippen LogP contribution in [0, 0.1) is 5.82 Å². The Labute approximate surface area is 253 Å². The van der Waals surface area contributed by atoms with Crippen molar-refractivity contribution in [2.24, 2.45) is 0 Å². The monoisotopic (exact) mass is 629 g/mol. The zero-order chi connectivity index (χ0) is 31.9. The second-order valence-electron chi connectivity index (χ2n) is 10.2. The number of carbonyl (C=O) groups is 1. The van der Waals surface area contributed by atoms with Gasteiger partial charge in [-0.2, -0.15) is 13.2 Å². The second-order valence-corrected chi connectivity index (χ2v) is 12.0. The van der Waals surface area contributed by atoms with E-state index in [-0.39, 0.29) is 36.4 Å². The van der Waals surface area contributed by atoms with Gasteiger partial charge in [0.1, 0.15) is 5.82 Å². The number of hydrogen-bond acceptors (Lipinski definition) is 5. The van der Waals surface area contributed by atoms with Crippen LogP contribution in [0.25, 0.3) is 0 Å². The molecule has 0 heterocycles. The molecule has 7 nitrogen and oxygen atoms in total. The molecule has 3 N–H and O–H groups in total. The number of para-hydroxylation sites is 1. The van der Waals surface area contributed by atoms with Crippen molar-refractivity contribution >= 4 is 27.3 Å². The molecule has 0 unspecified atom stereocenters. The molecule has 232 valence electrons. The molecule has 0 saturated carbocycles. The first-order valence-electron chi connectivity index (χ1n) is 13.6. The minimum atomic E-state index is -4.49. The normalized spacial score (nSPS) is 13.2. The lowest BCUT2D eigenvalue weighted by Gasteiger charge is -2.27. The van der Waals surface area contributed by atoms with E-state index >= 15 is 0 Å². The van der Waals surface area contributed by atoms with Gasteiger partial charge in [0, 0.05) is 13.1 Å². The average Bonchev–Trinajstić information content (AvgIpc) is 2.97. The van der Waals surface area contributed by atoms with Crippen LogP contribution in [0.1, 0.15) is 27.0 Å². The van der Waals surface area contributed by atoms with Gasteiger partial charge in [-0.3, -0.25) is 4.79 Å². The Balaban J connectivity index is 1.57. The molecule has 0 fully saturated rings. The number of aliphatic hydroxyl groups is 1. The van der Waals surface area contributed by atoms with Crippen molar-refractivity contribution in [2.45, 2.75) is 31.3 Å². The predicted molar refractivity (Wildman–Crippen MR) is 160 cm³/mol. The van der Waals surface area contributed by atoms with E-state index in [1.807, 2.05) is 18.2 Å². The molecule has 0 spiro atoms. The van der Waals surface area contributed by atoms with Crippen LogP contribution in [0.4, 0.5) is 28.9 Å². The lowest BCUT2D eigenvalue weighted by molar-refractivity contribution is -0.137. The molecule has 12 heteroatoms. The maximum absolute atomic E-state index is 14.1. The van der Waals surface area contributed by atoms with Crippen molar-refractivity contribution in [2.75, 3.05) is 17.1 Å². The van der Waals surface area contributed by atoms with Gasteiger partial charge in [-0.1, -0.05) is 66.7 Å². The van der Waals surface area contributed by atoms with Gasteiger partial charge in [0.05, 0.1) is 40.9 Å². The number of anilines is 2. The summed E-state index contributed by atoms with van der Waals surface area (Å²) in [6, 6.07) is 23.8. The number of halogens is 4. The highest BCUT2D eigenvalue weighted by atomic mass is 32.2. The first-order valence-corrected chi connectivity index (χ1v) is 15.4. The zero-order valence-corrected chi connectivity index (χ0v) is 24.4. The molecule has 0 bridgehead atoms. The minimum Gasteiger partial charge on any atom is -0.390 e. The Bertz CT molecular complexity index is 1680. The Morgan fingerprint density at radius 1 is 0.886 bits per heavy atom. The zero-order valence-electron chi connectivity index (χ0n) is 23.6. The van der Waals surface area contributed by atoms with Crippen LogP contribution in [-0.2, 0) is 29.2 Å². The van der Waals surface area contributed by atoms with Crippen molar-refractivity contribution in [3.05, 3.63) is 131 Å². The Kier molecular flexibility index (Phi) is 10.4. The molecule has 1 amide bonds. The molecule has 4 aromatic rings. The largest absolute Gasteiger partial charge is 0.416 e. The second kappa shape index (κ2) is 14.0. The smallest absolute Gasteiger partial charge is 0.390 e. The summed E-state index contributed by atoms with van der Waals surface area (Å²) in [4.78, 5) is 13.7. The van der Waals surface area contributed by atoms with Crippen LogP contribution in [0.2, 0.25) is 0 Å². The summed E-state index contributed by atoms with van der Waals surface area (Å²) in [7, 11) is -4.03. The standard InChI is InChI=1S/C32H31F4N3O4S/c1-44(42,43)39(26-14-8-13-25(33)19-26)29-16-6-5-15-27(29)31(41)38-28(18-22-9-3-2-4-10-22)30(40)21-37-20-23-11-7-12-24(17-23)32(34,35)36/h2-17,19,28,30,37,40H,18,20-21H2,1H3,(H,38,41)/t28-,30+/m0/s1. The summed E-state index contributed by atoms with van der Waals surface area (Å²) in [5.41, 5.74) is 0.306. The van der Waals surface area contributed by atoms with Crippen LogP contribution in [0.5, 0.6) is 0 Å². The number of hydrogen-bond donors (Lipinski definition) is 3. The van der Waals surface area contributed by atoms with Crippen molar-refractivity contribution in [3.63, 3.8) is 0 Å². The van der Waals surface area contributed by atoms with Gasteiger partial charge in [0.15, 0.2) is 0 Å². The van der Waals surface area contributed by atoms with Crippen LogP contribution >= 0.6 is 0 Å². The highest BCUT2D eigenvalue weighted by Crippen LogP contribution is 2.32. The summed E-state index contributed by atoms with van der Waals surface area (Å²) in [6.45, 7) is -0.0405. The van der Waals surface area contributed by atoms with Gasteiger partial charge in [-0.05, 0) is 53.9 Å². The molecule has 0 aliphatic carbocycles. The van der Waals surface area contributed by atoms with Crippen molar-refractivity contribution < 1.29 is 35.9 Å². The van der Waals surface area contributed by atoms with E-state index in [2.05, 4.69) is 10.6 Å². The van der Waals surface area contributed by atoms with E-state index in [4.69, 9.17) is 0 Å². The summed E-state index contributed by atoms with van der Waals surface area (Å²) < 4.78 is 79.9. The molecule has 0 radical (unpaired) electrons. The molecule has 44 heavy (non-hydrogen) atoms. The van der Waals surface area contributed by atoms with Gasteiger partial charge >= 0.3 is 6.18 Å². The van der Waals surface area contributed by atoms with E-state index in [9.17, 15) is 35.9 Å². The van der Waals surface area contributed by atoms with Crippen LogP contribution in [0.15, 0.2) is 103 Å². The third-order valence-electron chi connectivity index (χ3n) is 6.76. The SMILES string of the molecule is CS(=O)(=O)N(c1cccc(F)c1)c1ccccc1C(=O)N[C@@H](Cc1ccccc1)[C@H](O)CNCc1cccc(C(F)(F)F)c1. The van der Waals surface area contributed by atoms with Crippen LogP contribution in [0.3, 0.4) is 0 Å². The number of aliphatic hydroxyl groups excluding tert-OH is 1. The fraction of sp³-hybridized carbons (Fsp3) is 0.219. The summed E-state index contributed by atoms with van der Waals surface area (Å²) in [5, 5.41) is 16.9. The quantitative estimate of drug-likeness (QED) is 0.182. The Morgan fingerprint density at radius 3 is 2.23 bits per heavy atom. The number of alkyl halides is 3. The van der Waals surface area contributed by atoms with Crippen molar-refractivity contribution in [1.29, 1.82) is 0 Å². The van der Waals surface area contributed by atoms with Gasteiger partial charge in [0.25, 0.3) is 5.91 Å². The Hall–Kier alpha value is -4.26. The third kappa shape index (κ3) is 8.65. The molecule has 0 saturated heterocycles. The molecule has 2 atom stereocenters. The van der Waals surface area contributed by atoms with Crippen molar-refractivity contribution in [1.82, 2.24) is 10.6 Å². The number of rotatable bonds is 12. The van der Waals surface area contributed by atoms with E-state index in [1.54, 1.807) is 18.2 Å². The summed E-state index contributed by atoms with van der Waals surface area (Å²) >= 11 is 0. The summed E-state index contributed by atoms with van der Waals surface area (Å²) in [5.74, 6) is -1.36. The molecule has 0 aliphatic heterocycles. The van der Waals surface area contributed by atoms with Crippen LogP contribution in [-0.4, -0.2) is 44.4 Å². The molecule has 0 aromatic heterocycles. The van der Waals surface area contributed by atoms with Crippen molar-refractivity contribution in [3.8, 4) is 0 Å². The molecule has 0 aliphatic rings. The number of sulfonamides is 1. The lowest BCUT2D eigenvalue weighted by Crippen LogP contribution is -2.49. The average molecular weight is 630 g/mol. The number of nitrogens with one attached hydrogen (secondary N) is 2.